The summed E-state index contributed by atoms with van der Waals surface area (Å²) in [4.78, 5) is 0. The summed E-state index contributed by atoms with van der Waals surface area (Å²) in [5.41, 5.74) is 9.81. The number of aryl methyl sites for hydroxylation is 2. The second-order valence-electron chi connectivity index (χ2n) is 4.39. The van der Waals surface area contributed by atoms with E-state index in [1.807, 2.05) is 6.92 Å². The Balaban J connectivity index is 0.00000128. The lowest BCUT2D eigenvalue weighted by Gasteiger charge is -2.07. The van der Waals surface area contributed by atoms with Crippen LogP contribution in [0.4, 0.5) is 0 Å². The van der Waals surface area contributed by atoms with Gasteiger partial charge in [-0.1, -0.05) is 18.2 Å². The molecule has 2 aromatic rings. The second kappa shape index (κ2) is 4.89. The highest BCUT2D eigenvalue weighted by Gasteiger charge is 2.08. The van der Waals surface area contributed by atoms with E-state index in [1.54, 1.807) is 0 Å². The molecule has 2 nitrogen and oxygen atoms in total. The highest BCUT2D eigenvalue weighted by Crippen LogP contribution is 2.22. The molecule has 88 valence electrons. The number of halogens is 1. The molecule has 0 fully saturated rings. The standard InChI is InChI=1S/C13H18N2.ClH/c1-9-5-4-6-11-8-12(7-10(2)14)15(3)13(9)11;/h4-6,8,10H,7,14H2,1-3H3;1H. The first-order valence-corrected chi connectivity index (χ1v) is 5.39. The van der Waals surface area contributed by atoms with Gasteiger partial charge in [0.25, 0.3) is 0 Å². The maximum absolute atomic E-state index is 5.84. The molecule has 0 bridgehead atoms. The first-order chi connectivity index (χ1) is 7.09. The zero-order chi connectivity index (χ0) is 11.0. The Morgan fingerprint density at radius 2 is 2.06 bits per heavy atom. The highest BCUT2D eigenvalue weighted by molar-refractivity contribution is 5.85. The van der Waals surface area contributed by atoms with Gasteiger partial charge in [0.1, 0.15) is 0 Å². The van der Waals surface area contributed by atoms with Crippen LogP contribution in [0.3, 0.4) is 0 Å². The van der Waals surface area contributed by atoms with Crippen LogP contribution in [0.1, 0.15) is 18.2 Å². The van der Waals surface area contributed by atoms with E-state index in [0.717, 1.165) is 6.42 Å². The van der Waals surface area contributed by atoms with E-state index in [-0.39, 0.29) is 18.4 Å². The van der Waals surface area contributed by atoms with E-state index in [1.165, 1.54) is 22.2 Å². The van der Waals surface area contributed by atoms with E-state index in [2.05, 4.69) is 42.8 Å². The van der Waals surface area contributed by atoms with Crippen LogP contribution in [-0.2, 0) is 13.5 Å². The predicted octanol–water partition coefficient (Wildman–Crippen LogP) is 2.80. The molecule has 0 radical (unpaired) electrons. The van der Waals surface area contributed by atoms with Gasteiger partial charge < -0.3 is 10.3 Å². The van der Waals surface area contributed by atoms with Crippen LogP contribution < -0.4 is 5.73 Å². The summed E-state index contributed by atoms with van der Waals surface area (Å²) in [7, 11) is 2.12. The number of para-hydroxylation sites is 1. The first kappa shape index (κ1) is 13.1. The summed E-state index contributed by atoms with van der Waals surface area (Å²) in [6.07, 6.45) is 0.935. The van der Waals surface area contributed by atoms with Crippen LogP contribution in [0, 0.1) is 6.92 Å². The zero-order valence-electron chi connectivity index (χ0n) is 10.0. The van der Waals surface area contributed by atoms with Gasteiger partial charge in [-0.2, -0.15) is 0 Å². The normalized spacial score (nSPS) is 12.5. The van der Waals surface area contributed by atoms with Crippen molar-refractivity contribution in [3.05, 3.63) is 35.5 Å². The van der Waals surface area contributed by atoms with Gasteiger partial charge in [-0.3, -0.25) is 0 Å². The van der Waals surface area contributed by atoms with Gasteiger partial charge in [-0.05, 0) is 25.5 Å². The number of benzene rings is 1. The Kier molecular flexibility index (Phi) is 4.00. The predicted molar refractivity (Wildman–Crippen MR) is 72.3 cm³/mol. The Labute approximate surface area is 103 Å². The molecule has 0 aliphatic rings. The number of fused-ring (bicyclic) bond motifs is 1. The van der Waals surface area contributed by atoms with Crippen LogP contribution >= 0.6 is 12.4 Å². The summed E-state index contributed by atoms with van der Waals surface area (Å²) in [6, 6.07) is 8.87. The van der Waals surface area contributed by atoms with E-state index in [9.17, 15) is 0 Å². The molecule has 0 saturated heterocycles. The van der Waals surface area contributed by atoms with E-state index in [4.69, 9.17) is 5.73 Å². The molecule has 1 aromatic heterocycles. The van der Waals surface area contributed by atoms with Crippen molar-refractivity contribution in [1.82, 2.24) is 4.57 Å². The molecule has 16 heavy (non-hydrogen) atoms. The van der Waals surface area contributed by atoms with Crippen molar-refractivity contribution >= 4 is 23.3 Å². The molecule has 2 N–H and O–H groups in total. The SMILES string of the molecule is Cc1cccc2cc(CC(C)N)n(C)c12.Cl. The molecule has 1 aromatic carbocycles. The third kappa shape index (κ3) is 2.23. The third-order valence-electron chi connectivity index (χ3n) is 2.89. The van der Waals surface area contributed by atoms with Crippen LogP contribution in [0.5, 0.6) is 0 Å². The molecule has 0 saturated carbocycles. The largest absolute Gasteiger partial charge is 0.347 e. The minimum atomic E-state index is 0. The van der Waals surface area contributed by atoms with Crippen LogP contribution in [0.15, 0.2) is 24.3 Å². The molecule has 0 aliphatic heterocycles. The van der Waals surface area contributed by atoms with Gasteiger partial charge >= 0.3 is 0 Å². The first-order valence-electron chi connectivity index (χ1n) is 5.39. The quantitative estimate of drug-likeness (QED) is 0.857. The fourth-order valence-electron chi connectivity index (χ4n) is 2.20. The number of aromatic nitrogens is 1. The van der Waals surface area contributed by atoms with Gasteiger partial charge in [0.2, 0.25) is 0 Å². The number of nitrogens with zero attached hydrogens (tertiary/aromatic N) is 1. The van der Waals surface area contributed by atoms with E-state index >= 15 is 0 Å². The molecule has 0 aliphatic carbocycles. The van der Waals surface area contributed by atoms with Gasteiger partial charge in [0.05, 0.1) is 5.52 Å². The molecular formula is C13H19ClN2. The molecule has 3 heteroatoms. The highest BCUT2D eigenvalue weighted by atomic mass is 35.5. The molecule has 0 spiro atoms. The third-order valence-corrected chi connectivity index (χ3v) is 2.89. The van der Waals surface area contributed by atoms with Crippen molar-refractivity contribution in [1.29, 1.82) is 0 Å². The smallest absolute Gasteiger partial charge is 0.0509 e. The monoisotopic (exact) mass is 238 g/mol. The number of rotatable bonds is 2. The molecule has 1 heterocycles. The van der Waals surface area contributed by atoms with Crippen molar-refractivity contribution in [3.63, 3.8) is 0 Å². The van der Waals surface area contributed by atoms with E-state index < -0.39 is 0 Å². The molecule has 0 amide bonds. The van der Waals surface area contributed by atoms with E-state index in [0.29, 0.717) is 0 Å². The number of hydrogen-bond acceptors (Lipinski definition) is 1. The lowest BCUT2D eigenvalue weighted by Crippen LogP contribution is -2.19. The molecule has 1 atom stereocenters. The van der Waals surface area contributed by atoms with Crippen molar-refractivity contribution in [3.8, 4) is 0 Å². The van der Waals surface area contributed by atoms with Crippen LogP contribution in [-0.4, -0.2) is 10.6 Å². The summed E-state index contributed by atoms with van der Waals surface area (Å²) < 4.78 is 2.26. The van der Waals surface area contributed by atoms with Crippen molar-refractivity contribution in [2.75, 3.05) is 0 Å². The van der Waals surface area contributed by atoms with Crippen molar-refractivity contribution in [2.24, 2.45) is 12.8 Å². The van der Waals surface area contributed by atoms with Gasteiger partial charge in [0, 0.05) is 30.6 Å². The second-order valence-corrected chi connectivity index (χ2v) is 4.39. The molecule has 1 unspecified atom stereocenters. The minimum Gasteiger partial charge on any atom is -0.347 e. The maximum Gasteiger partial charge on any atom is 0.0509 e. The fraction of sp³-hybridized carbons (Fsp3) is 0.385. The summed E-state index contributed by atoms with van der Waals surface area (Å²) in [6.45, 7) is 4.20. The zero-order valence-corrected chi connectivity index (χ0v) is 10.8. The maximum atomic E-state index is 5.84. The fourth-order valence-corrected chi connectivity index (χ4v) is 2.20. The average molecular weight is 239 g/mol. The number of hydrogen-bond donors (Lipinski definition) is 1. The van der Waals surface area contributed by atoms with Crippen LogP contribution in [0.25, 0.3) is 10.9 Å². The van der Waals surface area contributed by atoms with Crippen molar-refractivity contribution in [2.45, 2.75) is 26.3 Å². The lowest BCUT2D eigenvalue weighted by molar-refractivity contribution is 0.696. The number of nitrogens with two attached hydrogens (primary N) is 1. The summed E-state index contributed by atoms with van der Waals surface area (Å²) in [5, 5.41) is 1.31. The minimum absolute atomic E-state index is 0. The topological polar surface area (TPSA) is 30.9 Å². The molecule has 2 rings (SSSR count). The van der Waals surface area contributed by atoms with Crippen molar-refractivity contribution < 1.29 is 0 Å². The summed E-state index contributed by atoms with van der Waals surface area (Å²) >= 11 is 0. The van der Waals surface area contributed by atoms with Gasteiger partial charge in [-0.25, -0.2) is 0 Å². The van der Waals surface area contributed by atoms with Crippen LogP contribution in [0.2, 0.25) is 0 Å². The Hall–Kier alpha value is -0.990. The summed E-state index contributed by atoms with van der Waals surface area (Å²) in [5.74, 6) is 0. The average Bonchev–Trinajstić information content (AvgIpc) is 2.44. The Morgan fingerprint density at radius 1 is 1.38 bits per heavy atom. The lowest BCUT2D eigenvalue weighted by atomic mass is 10.1. The Bertz CT molecular complexity index is 486. The van der Waals surface area contributed by atoms with Gasteiger partial charge in [-0.15, -0.1) is 12.4 Å². The Morgan fingerprint density at radius 3 is 2.62 bits per heavy atom. The van der Waals surface area contributed by atoms with Gasteiger partial charge in [0.15, 0.2) is 0 Å². The molecular weight excluding hydrogens is 220 g/mol.